The number of rotatable bonds is 8. The number of amides is 1. The molecule has 0 saturated heterocycles. The van der Waals surface area contributed by atoms with Gasteiger partial charge in [0.2, 0.25) is 15.9 Å². The minimum absolute atomic E-state index is 0.0840. The van der Waals surface area contributed by atoms with E-state index in [1.807, 2.05) is 25.1 Å². The molecule has 0 aliphatic carbocycles. The van der Waals surface area contributed by atoms with E-state index in [-0.39, 0.29) is 16.7 Å². The highest BCUT2D eigenvalue weighted by molar-refractivity contribution is 7.99. The monoisotopic (exact) mass is 433 g/mol. The van der Waals surface area contributed by atoms with Gasteiger partial charge in [0.05, 0.1) is 10.6 Å². The summed E-state index contributed by atoms with van der Waals surface area (Å²) in [5.74, 6) is 0.481. The van der Waals surface area contributed by atoms with Crippen molar-refractivity contribution in [2.24, 2.45) is 5.92 Å². The van der Waals surface area contributed by atoms with Gasteiger partial charge in [-0.3, -0.25) is 4.79 Å². The molecule has 2 N–H and O–H groups in total. The van der Waals surface area contributed by atoms with Gasteiger partial charge in [0.25, 0.3) is 0 Å². The van der Waals surface area contributed by atoms with Crippen LogP contribution in [0.2, 0.25) is 0 Å². The number of thioether (sulfide) groups is 1. The summed E-state index contributed by atoms with van der Waals surface area (Å²) in [6.07, 6.45) is 0.691. The normalized spacial score (nSPS) is 16.6. The van der Waals surface area contributed by atoms with Gasteiger partial charge in [0.15, 0.2) is 0 Å². The Morgan fingerprint density at radius 1 is 1.21 bits per heavy atom. The Labute approximate surface area is 177 Å². The molecule has 2 aromatic carbocycles. The van der Waals surface area contributed by atoms with Crippen LogP contribution in [0, 0.1) is 5.92 Å². The van der Waals surface area contributed by atoms with Crippen molar-refractivity contribution in [1.29, 1.82) is 0 Å². The summed E-state index contributed by atoms with van der Waals surface area (Å²) >= 11 is 1.56. The second kappa shape index (κ2) is 9.65. The highest BCUT2D eigenvalue weighted by atomic mass is 32.2. The van der Waals surface area contributed by atoms with Gasteiger partial charge in [-0.15, -0.1) is 11.8 Å². The van der Waals surface area contributed by atoms with Crippen LogP contribution in [-0.4, -0.2) is 39.7 Å². The molecule has 0 radical (unpaired) electrons. The van der Waals surface area contributed by atoms with Crippen LogP contribution in [0.3, 0.4) is 0 Å². The van der Waals surface area contributed by atoms with Crippen molar-refractivity contribution in [3.63, 3.8) is 0 Å². The van der Waals surface area contributed by atoms with E-state index in [1.54, 1.807) is 30.0 Å². The van der Waals surface area contributed by atoms with Gasteiger partial charge in [-0.25, -0.2) is 13.1 Å². The number of nitrogens with one attached hydrogen (secondary N) is 2. The van der Waals surface area contributed by atoms with E-state index < -0.39 is 10.0 Å². The molecule has 1 aliphatic rings. The van der Waals surface area contributed by atoms with Gasteiger partial charge >= 0.3 is 0 Å². The average Bonchev–Trinajstić information content (AvgIpc) is 2.86. The molecule has 6 nitrogen and oxygen atoms in total. The number of anilines is 2. The molecular formula is C21H27N3O3S2. The van der Waals surface area contributed by atoms with Crippen molar-refractivity contribution in [1.82, 2.24) is 4.72 Å². The number of fused-ring (bicyclic) bond motifs is 1. The van der Waals surface area contributed by atoms with E-state index in [9.17, 15) is 13.2 Å². The Balaban J connectivity index is 1.60. The standard InChI is InChI=1S/C21H27N3O3S2/c1-3-24(17-8-5-4-6-9-17)13-7-12-22-29(26,27)18-10-11-20-19(14-18)23-21(25)16(2)15-28-20/h4-6,8-11,14,16,22H,3,7,12-13,15H2,1-2H3,(H,23,25). The van der Waals surface area contributed by atoms with Gasteiger partial charge in [-0.05, 0) is 43.7 Å². The number of sulfonamides is 1. The van der Waals surface area contributed by atoms with Crippen LogP contribution in [0.4, 0.5) is 11.4 Å². The van der Waals surface area contributed by atoms with E-state index in [0.717, 1.165) is 23.7 Å². The van der Waals surface area contributed by atoms with E-state index >= 15 is 0 Å². The zero-order valence-electron chi connectivity index (χ0n) is 16.7. The fourth-order valence-electron chi connectivity index (χ4n) is 3.11. The number of para-hydroxylation sites is 1. The third-order valence-corrected chi connectivity index (χ3v) is 7.65. The lowest BCUT2D eigenvalue weighted by atomic mass is 10.2. The van der Waals surface area contributed by atoms with Crippen LogP contribution >= 0.6 is 11.8 Å². The maximum Gasteiger partial charge on any atom is 0.240 e. The van der Waals surface area contributed by atoms with Gasteiger partial charge in [-0.1, -0.05) is 25.1 Å². The zero-order valence-corrected chi connectivity index (χ0v) is 18.4. The number of carbonyl (C=O) groups excluding carboxylic acids is 1. The van der Waals surface area contributed by atoms with Crippen LogP contribution in [0.15, 0.2) is 58.3 Å². The second-order valence-electron chi connectivity index (χ2n) is 7.03. The lowest BCUT2D eigenvalue weighted by Gasteiger charge is -2.23. The Bertz CT molecular complexity index is 949. The molecule has 2 aromatic rings. The Morgan fingerprint density at radius 3 is 2.69 bits per heavy atom. The lowest BCUT2D eigenvalue weighted by Crippen LogP contribution is -2.30. The maximum absolute atomic E-state index is 12.7. The van der Waals surface area contributed by atoms with Crippen molar-refractivity contribution < 1.29 is 13.2 Å². The third-order valence-electron chi connectivity index (χ3n) is 4.86. The molecule has 1 amide bonds. The van der Waals surface area contributed by atoms with Crippen LogP contribution < -0.4 is 14.9 Å². The van der Waals surface area contributed by atoms with E-state index in [2.05, 4.69) is 34.0 Å². The molecule has 29 heavy (non-hydrogen) atoms. The summed E-state index contributed by atoms with van der Waals surface area (Å²) in [5.41, 5.74) is 1.69. The molecule has 8 heteroatoms. The summed E-state index contributed by atoms with van der Waals surface area (Å²) in [6.45, 7) is 5.92. The van der Waals surface area contributed by atoms with Crippen molar-refractivity contribution >= 4 is 39.1 Å². The maximum atomic E-state index is 12.7. The summed E-state index contributed by atoms with van der Waals surface area (Å²) in [4.78, 5) is 15.3. The quantitative estimate of drug-likeness (QED) is 0.623. The Kier molecular flexibility index (Phi) is 7.21. The summed E-state index contributed by atoms with van der Waals surface area (Å²) in [7, 11) is -3.64. The minimum Gasteiger partial charge on any atom is -0.372 e. The first-order chi connectivity index (χ1) is 13.9. The smallest absolute Gasteiger partial charge is 0.240 e. The van der Waals surface area contributed by atoms with Gasteiger partial charge in [0, 0.05) is 41.9 Å². The van der Waals surface area contributed by atoms with Crippen molar-refractivity contribution in [2.75, 3.05) is 35.6 Å². The number of hydrogen-bond donors (Lipinski definition) is 2. The molecule has 1 unspecified atom stereocenters. The largest absolute Gasteiger partial charge is 0.372 e. The Hall–Kier alpha value is -2.03. The second-order valence-corrected chi connectivity index (χ2v) is 9.85. The summed E-state index contributed by atoms with van der Waals surface area (Å²) in [5, 5.41) is 2.83. The first kappa shape index (κ1) is 21.7. The number of hydrogen-bond acceptors (Lipinski definition) is 5. The van der Waals surface area contributed by atoms with Crippen molar-refractivity contribution in [3.05, 3.63) is 48.5 Å². The van der Waals surface area contributed by atoms with Crippen LogP contribution in [0.25, 0.3) is 0 Å². The number of benzene rings is 2. The van der Waals surface area contributed by atoms with E-state index in [4.69, 9.17) is 0 Å². The molecule has 0 fully saturated rings. The minimum atomic E-state index is -3.64. The molecule has 0 saturated carbocycles. The summed E-state index contributed by atoms with van der Waals surface area (Å²) in [6, 6.07) is 15.0. The highest BCUT2D eigenvalue weighted by Gasteiger charge is 2.22. The molecule has 0 bridgehead atoms. The number of carbonyl (C=O) groups is 1. The van der Waals surface area contributed by atoms with Gasteiger partial charge in [-0.2, -0.15) is 0 Å². The van der Waals surface area contributed by atoms with Crippen LogP contribution in [0.1, 0.15) is 20.3 Å². The fourth-order valence-corrected chi connectivity index (χ4v) is 5.23. The molecule has 156 valence electrons. The van der Waals surface area contributed by atoms with Crippen LogP contribution in [-0.2, 0) is 14.8 Å². The molecular weight excluding hydrogens is 406 g/mol. The Morgan fingerprint density at radius 2 is 1.97 bits per heavy atom. The van der Waals surface area contributed by atoms with E-state index in [0.29, 0.717) is 24.4 Å². The molecule has 1 aliphatic heterocycles. The third kappa shape index (κ3) is 5.52. The molecule has 0 spiro atoms. The topological polar surface area (TPSA) is 78.5 Å². The molecule has 0 aromatic heterocycles. The summed E-state index contributed by atoms with van der Waals surface area (Å²) < 4.78 is 28.1. The molecule has 1 atom stereocenters. The van der Waals surface area contributed by atoms with Crippen LogP contribution in [0.5, 0.6) is 0 Å². The SMILES string of the molecule is CCN(CCCNS(=O)(=O)c1ccc2c(c1)NC(=O)C(C)CS2)c1ccccc1. The zero-order chi connectivity index (χ0) is 20.9. The molecule has 3 rings (SSSR count). The first-order valence-corrected chi connectivity index (χ1v) is 12.2. The van der Waals surface area contributed by atoms with Gasteiger partial charge in [0.1, 0.15) is 0 Å². The van der Waals surface area contributed by atoms with Crippen molar-refractivity contribution in [2.45, 2.75) is 30.1 Å². The highest BCUT2D eigenvalue weighted by Crippen LogP contribution is 2.34. The predicted molar refractivity (Wildman–Crippen MR) is 119 cm³/mol. The fraction of sp³-hybridized carbons (Fsp3) is 0.381. The average molecular weight is 434 g/mol. The predicted octanol–water partition coefficient (Wildman–Crippen LogP) is 3.56. The van der Waals surface area contributed by atoms with E-state index in [1.165, 1.54) is 0 Å². The van der Waals surface area contributed by atoms with Gasteiger partial charge < -0.3 is 10.2 Å². The molecule has 1 heterocycles. The number of nitrogens with zero attached hydrogens (tertiary/aromatic N) is 1. The van der Waals surface area contributed by atoms with Crippen molar-refractivity contribution in [3.8, 4) is 0 Å². The lowest BCUT2D eigenvalue weighted by molar-refractivity contribution is -0.118. The first-order valence-electron chi connectivity index (χ1n) is 9.78.